The molecule has 0 unspecified atom stereocenters. The van der Waals surface area contributed by atoms with E-state index in [9.17, 15) is 4.79 Å². The van der Waals surface area contributed by atoms with Crippen LogP contribution in [0.5, 0.6) is 0 Å². The van der Waals surface area contributed by atoms with Crippen LogP contribution in [0.3, 0.4) is 0 Å². The molecule has 110 valence electrons. The minimum Gasteiger partial charge on any atom is -0.379 e. The fourth-order valence-electron chi connectivity index (χ4n) is 2.41. The van der Waals surface area contributed by atoms with Gasteiger partial charge in [-0.05, 0) is 11.6 Å². The number of rotatable bonds is 5. The number of nitrogens with zero attached hydrogens (tertiary/aromatic N) is 1. The molecule has 1 atom stereocenters. The smallest absolute Gasteiger partial charge is 0.219 e. The molecule has 0 spiro atoms. The van der Waals surface area contributed by atoms with Gasteiger partial charge in [-0.15, -0.1) is 0 Å². The van der Waals surface area contributed by atoms with Crippen molar-refractivity contribution in [3.05, 3.63) is 34.9 Å². The largest absolute Gasteiger partial charge is 0.379 e. The Balaban J connectivity index is 2.14. The molecule has 1 fully saturated rings. The van der Waals surface area contributed by atoms with Gasteiger partial charge in [0, 0.05) is 31.1 Å². The Morgan fingerprint density at radius 2 is 2.10 bits per heavy atom. The first kappa shape index (κ1) is 15.3. The molecule has 20 heavy (non-hydrogen) atoms. The molecule has 1 saturated heterocycles. The van der Waals surface area contributed by atoms with Gasteiger partial charge in [0.05, 0.1) is 19.3 Å². The van der Waals surface area contributed by atoms with E-state index >= 15 is 0 Å². The molecule has 1 aromatic rings. The Morgan fingerprint density at radius 3 is 2.75 bits per heavy atom. The zero-order valence-corrected chi connectivity index (χ0v) is 12.5. The topological polar surface area (TPSA) is 41.6 Å². The molecule has 0 aliphatic carbocycles. The highest BCUT2D eigenvalue weighted by Gasteiger charge is 2.24. The van der Waals surface area contributed by atoms with Crippen molar-refractivity contribution in [3.63, 3.8) is 0 Å². The molecule has 0 radical (unpaired) electrons. The van der Waals surface area contributed by atoms with Gasteiger partial charge in [0.2, 0.25) is 5.91 Å². The van der Waals surface area contributed by atoms with Crippen molar-refractivity contribution in [2.24, 2.45) is 0 Å². The molecular weight excluding hydrogens is 276 g/mol. The maximum atomic E-state index is 11.5. The van der Waals surface area contributed by atoms with E-state index in [2.05, 4.69) is 10.2 Å². The molecule has 0 saturated carbocycles. The summed E-state index contributed by atoms with van der Waals surface area (Å²) in [5.74, 6) is 0.0651. The summed E-state index contributed by atoms with van der Waals surface area (Å²) in [5.41, 5.74) is 1.06. The summed E-state index contributed by atoms with van der Waals surface area (Å²) in [6, 6.07) is 7.93. The second-order valence-electron chi connectivity index (χ2n) is 4.84. The van der Waals surface area contributed by atoms with Crippen LogP contribution in [0.1, 0.15) is 24.9 Å². The van der Waals surface area contributed by atoms with Crippen molar-refractivity contribution >= 4 is 17.5 Å². The van der Waals surface area contributed by atoms with Gasteiger partial charge in [-0.3, -0.25) is 9.69 Å². The van der Waals surface area contributed by atoms with E-state index < -0.39 is 0 Å². The van der Waals surface area contributed by atoms with Gasteiger partial charge in [-0.2, -0.15) is 0 Å². The van der Waals surface area contributed by atoms with E-state index in [1.54, 1.807) is 0 Å². The molecule has 1 aliphatic rings. The summed E-state index contributed by atoms with van der Waals surface area (Å²) in [4.78, 5) is 13.8. The number of benzene rings is 1. The van der Waals surface area contributed by atoms with E-state index in [1.165, 1.54) is 0 Å². The second kappa shape index (κ2) is 7.62. The lowest BCUT2D eigenvalue weighted by Crippen LogP contribution is -2.43. The molecule has 1 amide bonds. The van der Waals surface area contributed by atoms with Crippen LogP contribution in [0.15, 0.2) is 24.3 Å². The minimum atomic E-state index is 0.0651. The summed E-state index contributed by atoms with van der Waals surface area (Å²) in [6.07, 6.45) is 0.498. The first-order valence-corrected chi connectivity index (χ1v) is 7.43. The lowest BCUT2D eigenvalue weighted by molar-refractivity contribution is -0.121. The zero-order valence-electron chi connectivity index (χ0n) is 11.8. The van der Waals surface area contributed by atoms with Crippen LogP contribution in [0, 0.1) is 0 Å². The lowest BCUT2D eigenvalue weighted by Gasteiger charge is -2.35. The maximum Gasteiger partial charge on any atom is 0.219 e. The minimum absolute atomic E-state index is 0.0651. The van der Waals surface area contributed by atoms with Crippen molar-refractivity contribution < 1.29 is 9.53 Å². The van der Waals surface area contributed by atoms with Crippen molar-refractivity contribution in [1.82, 2.24) is 10.2 Å². The summed E-state index contributed by atoms with van der Waals surface area (Å²) >= 11 is 6.32. The van der Waals surface area contributed by atoms with Crippen molar-refractivity contribution in [1.29, 1.82) is 0 Å². The normalized spacial score (nSPS) is 17.7. The first-order valence-electron chi connectivity index (χ1n) is 7.05. The zero-order chi connectivity index (χ0) is 14.4. The maximum absolute atomic E-state index is 11.5. The molecule has 0 bridgehead atoms. The Labute approximate surface area is 125 Å². The molecule has 4 nitrogen and oxygen atoms in total. The quantitative estimate of drug-likeness (QED) is 0.906. The third kappa shape index (κ3) is 3.95. The number of amides is 1. The fourth-order valence-corrected chi connectivity index (χ4v) is 2.67. The lowest BCUT2D eigenvalue weighted by atomic mass is 10.0. The number of carbonyl (C=O) groups excluding carboxylic acids is 1. The van der Waals surface area contributed by atoms with E-state index in [4.69, 9.17) is 16.3 Å². The highest BCUT2D eigenvalue weighted by atomic mass is 35.5. The average molecular weight is 297 g/mol. The third-order valence-electron chi connectivity index (χ3n) is 3.56. The van der Waals surface area contributed by atoms with Gasteiger partial charge < -0.3 is 10.1 Å². The van der Waals surface area contributed by atoms with E-state index in [-0.39, 0.29) is 11.9 Å². The molecule has 1 aromatic carbocycles. The number of halogens is 1. The molecule has 1 aliphatic heterocycles. The highest BCUT2D eigenvalue weighted by molar-refractivity contribution is 6.31. The van der Waals surface area contributed by atoms with Gasteiger partial charge in [0.1, 0.15) is 0 Å². The Morgan fingerprint density at radius 1 is 1.40 bits per heavy atom. The number of morpholine rings is 1. The van der Waals surface area contributed by atoms with Crippen LogP contribution in [0.25, 0.3) is 0 Å². The summed E-state index contributed by atoms with van der Waals surface area (Å²) in [5, 5.41) is 3.72. The van der Waals surface area contributed by atoms with Gasteiger partial charge >= 0.3 is 0 Å². The number of ether oxygens (including phenoxy) is 1. The van der Waals surface area contributed by atoms with Gasteiger partial charge in [0.15, 0.2) is 0 Å². The molecule has 2 rings (SSSR count). The number of hydrogen-bond donors (Lipinski definition) is 1. The molecular formula is C15H21ClN2O2. The van der Waals surface area contributed by atoms with Gasteiger partial charge in [0.25, 0.3) is 0 Å². The van der Waals surface area contributed by atoms with E-state index in [0.29, 0.717) is 13.0 Å². The number of hydrogen-bond acceptors (Lipinski definition) is 3. The first-order chi connectivity index (χ1) is 9.72. The summed E-state index contributed by atoms with van der Waals surface area (Å²) in [7, 11) is 0. The average Bonchev–Trinajstić information content (AvgIpc) is 2.50. The van der Waals surface area contributed by atoms with Crippen molar-refractivity contribution in [3.8, 4) is 0 Å². The van der Waals surface area contributed by atoms with Gasteiger partial charge in [-0.25, -0.2) is 0 Å². The molecule has 0 aromatic heterocycles. The van der Waals surface area contributed by atoms with Gasteiger partial charge in [-0.1, -0.05) is 36.7 Å². The molecule has 1 N–H and O–H groups in total. The van der Waals surface area contributed by atoms with Crippen LogP contribution < -0.4 is 5.32 Å². The standard InChI is InChI=1S/C15H21ClN2O2/c1-2-15(19)17-11-14(18-7-9-20-10-8-18)12-5-3-4-6-13(12)16/h3-6,14H,2,7-11H2,1H3,(H,17,19)/t14-/m0/s1. The monoisotopic (exact) mass is 296 g/mol. The van der Waals surface area contributed by atoms with Crippen LogP contribution in [0.4, 0.5) is 0 Å². The Hall–Kier alpha value is -1.10. The predicted molar refractivity (Wildman–Crippen MR) is 79.9 cm³/mol. The highest BCUT2D eigenvalue weighted by Crippen LogP contribution is 2.27. The Kier molecular flexibility index (Phi) is 5.83. The summed E-state index contributed by atoms with van der Waals surface area (Å²) < 4.78 is 5.40. The SMILES string of the molecule is CCC(=O)NC[C@@H](c1ccccc1Cl)N1CCOCC1. The Bertz CT molecular complexity index is 447. The van der Waals surface area contributed by atoms with E-state index in [1.807, 2.05) is 31.2 Å². The third-order valence-corrected chi connectivity index (χ3v) is 3.91. The van der Waals surface area contributed by atoms with Crippen LogP contribution in [-0.2, 0) is 9.53 Å². The van der Waals surface area contributed by atoms with E-state index in [0.717, 1.165) is 36.9 Å². The van der Waals surface area contributed by atoms with Crippen LogP contribution in [-0.4, -0.2) is 43.7 Å². The molecule has 1 heterocycles. The summed E-state index contributed by atoms with van der Waals surface area (Å²) in [6.45, 7) is 5.60. The van der Waals surface area contributed by atoms with Crippen LogP contribution in [0.2, 0.25) is 5.02 Å². The number of nitrogens with one attached hydrogen (secondary N) is 1. The molecule has 5 heteroatoms. The number of carbonyl (C=O) groups is 1. The van der Waals surface area contributed by atoms with Crippen molar-refractivity contribution in [2.45, 2.75) is 19.4 Å². The van der Waals surface area contributed by atoms with Crippen LogP contribution >= 0.6 is 11.6 Å². The second-order valence-corrected chi connectivity index (χ2v) is 5.25. The predicted octanol–water partition coefficient (Wildman–Crippen LogP) is 2.24. The fraction of sp³-hybridized carbons (Fsp3) is 0.533. The van der Waals surface area contributed by atoms with Crippen molar-refractivity contribution in [2.75, 3.05) is 32.8 Å².